The molecular weight excluding hydrogens is 258 g/mol. The Hall–Kier alpha value is -1.67. The maximum Gasteiger partial charge on any atom is 0.0901 e. The zero-order chi connectivity index (χ0) is 14.7. The maximum atomic E-state index is 11.1. The number of benzene rings is 1. The second-order valence-electron chi connectivity index (χ2n) is 6.28. The smallest absolute Gasteiger partial charge is 0.0901 e. The number of nitrogens with zero attached hydrogens (tertiary/aromatic N) is 1. The maximum absolute atomic E-state index is 11.1. The van der Waals surface area contributed by atoms with E-state index in [1.165, 1.54) is 24.8 Å². The fraction of sp³-hybridized carbons (Fsp3) is 0.421. The molecule has 110 valence electrons. The van der Waals surface area contributed by atoms with E-state index in [-0.39, 0.29) is 5.41 Å². The van der Waals surface area contributed by atoms with Crippen molar-refractivity contribution in [3.8, 4) is 0 Å². The summed E-state index contributed by atoms with van der Waals surface area (Å²) in [7, 11) is 0. The lowest BCUT2D eigenvalue weighted by Gasteiger charge is -2.42. The highest BCUT2D eigenvalue weighted by atomic mass is 16.3. The minimum Gasteiger partial charge on any atom is -0.387 e. The third kappa shape index (κ3) is 2.73. The van der Waals surface area contributed by atoms with Crippen LogP contribution in [0.3, 0.4) is 0 Å². The third-order valence-electron chi connectivity index (χ3n) is 4.83. The zero-order valence-corrected chi connectivity index (χ0v) is 12.6. The monoisotopic (exact) mass is 281 g/mol. The lowest BCUT2D eigenvalue weighted by Crippen LogP contribution is -2.36. The Kier molecular flexibility index (Phi) is 4.07. The predicted molar refractivity (Wildman–Crippen MR) is 85.1 cm³/mol. The Labute approximate surface area is 126 Å². The molecule has 0 radical (unpaired) electrons. The number of aliphatic hydroxyl groups excluding tert-OH is 1. The summed E-state index contributed by atoms with van der Waals surface area (Å²) in [6, 6.07) is 12.6. The molecule has 3 rings (SSSR count). The van der Waals surface area contributed by atoms with Crippen molar-refractivity contribution in [1.29, 1.82) is 0 Å². The molecule has 1 fully saturated rings. The summed E-state index contributed by atoms with van der Waals surface area (Å²) < 4.78 is 0. The minimum absolute atomic E-state index is 0.158. The molecule has 1 saturated carbocycles. The van der Waals surface area contributed by atoms with E-state index in [1.807, 2.05) is 25.4 Å². The van der Waals surface area contributed by atoms with Crippen LogP contribution >= 0.6 is 0 Å². The summed E-state index contributed by atoms with van der Waals surface area (Å²) in [6.45, 7) is 2.03. The van der Waals surface area contributed by atoms with E-state index in [0.29, 0.717) is 0 Å². The second-order valence-corrected chi connectivity index (χ2v) is 6.28. The Morgan fingerprint density at radius 1 is 1.05 bits per heavy atom. The molecule has 0 spiro atoms. The molecule has 1 aliphatic carbocycles. The van der Waals surface area contributed by atoms with Crippen molar-refractivity contribution < 1.29 is 5.11 Å². The average molecular weight is 281 g/mol. The van der Waals surface area contributed by atoms with E-state index in [1.54, 1.807) is 0 Å². The zero-order valence-electron chi connectivity index (χ0n) is 12.6. The Bertz CT molecular complexity index is 588. The number of hydrogen-bond donors (Lipinski definition) is 1. The lowest BCUT2D eigenvalue weighted by molar-refractivity contribution is 0.0525. The van der Waals surface area contributed by atoms with Crippen LogP contribution in [0.1, 0.15) is 54.9 Å². The first-order valence-corrected chi connectivity index (χ1v) is 7.87. The largest absolute Gasteiger partial charge is 0.387 e. The van der Waals surface area contributed by atoms with Gasteiger partial charge in [-0.05, 0) is 36.5 Å². The molecular formula is C19H23NO. The van der Waals surface area contributed by atoms with Crippen LogP contribution in [-0.2, 0) is 5.41 Å². The van der Waals surface area contributed by atoms with E-state index in [9.17, 15) is 5.11 Å². The second kappa shape index (κ2) is 5.98. The molecule has 2 aromatic rings. The van der Waals surface area contributed by atoms with Crippen molar-refractivity contribution in [1.82, 2.24) is 4.98 Å². The molecule has 1 N–H and O–H groups in total. The van der Waals surface area contributed by atoms with Gasteiger partial charge in [0.15, 0.2) is 0 Å². The molecule has 2 nitrogen and oxygen atoms in total. The Morgan fingerprint density at radius 2 is 1.76 bits per heavy atom. The number of pyridine rings is 1. The van der Waals surface area contributed by atoms with Gasteiger partial charge in [0, 0.05) is 17.8 Å². The third-order valence-corrected chi connectivity index (χ3v) is 4.83. The van der Waals surface area contributed by atoms with E-state index in [2.05, 4.69) is 35.3 Å². The summed E-state index contributed by atoms with van der Waals surface area (Å²) in [4.78, 5) is 4.26. The number of hydrogen-bond acceptors (Lipinski definition) is 2. The van der Waals surface area contributed by atoms with Crippen LogP contribution < -0.4 is 0 Å². The van der Waals surface area contributed by atoms with Crippen LogP contribution in [0.2, 0.25) is 0 Å². The van der Waals surface area contributed by atoms with Gasteiger partial charge < -0.3 is 5.11 Å². The normalized spacial score (nSPS) is 19.1. The van der Waals surface area contributed by atoms with Crippen LogP contribution in [0.4, 0.5) is 0 Å². The van der Waals surface area contributed by atoms with Gasteiger partial charge in [-0.25, -0.2) is 0 Å². The number of aliphatic hydroxyl groups is 1. The molecule has 1 aliphatic rings. The van der Waals surface area contributed by atoms with Crippen LogP contribution in [0, 0.1) is 6.92 Å². The molecule has 0 saturated heterocycles. The predicted octanol–water partition coefficient (Wildman–Crippen LogP) is 4.33. The molecule has 2 heteroatoms. The van der Waals surface area contributed by atoms with Gasteiger partial charge in [-0.3, -0.25) is 4.98 Å². The standard InChI is InChI=1S/C19H23NO/c1-15-12-16(14-20-13-15)18(21)19(10-6-3-7-11-19)17-8-4-2-5-9-17/h2,4-5,8-9,12-14,18,21H,3,6-7,10-11H2,1H3. The van der Waals surface area contributed by atoms with Crippen molar-refractivity contribution in [2.75, 3.05) is 0 Å². The average Bonchev–Trinajstić information content (AvgIpc) is 2.55. The molecule has 1 aromatic carbocycles. The van der Waals surface area contributed by atoms with E-state index >= 15 is 0 Å². The molecule has 0 bridgehead atoms. The summed E-state index contributed by atoms with van der Waals surface area (Å²) in [5.41, 5.74) is 3.15. The quantitative estimate of drug-likeness (QED) is 0.908. The van der Waals surface area contributed by atoms with Gasteiger partial charge in [-0.2, -0.15) is 0 Å². The van der Waals surface area contributed by atoms with Gasteiger partial charge in [0.2, 0.25) is 0 Å². The van der Waals surface area contributed by atoms with Crippen LogP contribution in [-0.4, -0.2) is 10.1 Å². The van der Waals surface area contributed by atoms with Crippen molar-refractivity contribution in [3.63, 3.8) is 0 Å². The molecule has 1 atom stereocenters. The first-order chi connectivity index (χ1) is 10.2. The van der Waals surface area contributed by atoms with Gasteiger partial charge in [0.05, 0.1) is 6.10 Å². The molecule has 1 aromatic heterocycles. The fourth-order valence-corrected chi connectivity index (χ4v) is 3.72. The fourth-order valence-electron chi connectivity index (χ4n) is 3.72. The summed E-state index contributed by atoms with van der Waals surface area (Å²) in [5, 5.41) is 11.1. The molecule has 1 unspecified atom stereocenters. The summed E-state index contributed by atoms with van der Waals surface area (Å²) in [5.74, 6) is 0. The van der Waals surface area contributed by atoms with Crippen LogP contribution in [0.5, 0.6) is 0 Å². The van der Waals surface area contributed by atoms with Crippen molar-refractivity contribution in [2.24, 2.45) is 0 Å². The van der Waals surface area contributed by atoms with Gasteiger partial charge in [-0.15, -0.1) is 0 Å². The number of aryl methyl sites for hydroxylation is 1. The van der Waals surface area contributed by atoms with Gasteiger partial charge in [-0.1, -0.05) is 55.7 Å². The lowest BCUT2D eigenvalue weighted by atomic mass is 9.64. The summed E-state index contributed by atoms with van der Waals surface area (Å²) >= 11 is 0. The van der Waals surface area contributed by atoms with Gasteiger partial charge in [0.25, 0.3) is 0 Å². The topological polar surface area (TPSA) is 33.1 Å². The molecule has 21 heavy (non-hydrogen) atoms. The summed E-state index contributed by atoms with van der Waals surface area (Å²) in [6.07, 6.45) is 8.92. The first kappa shape index (κ1) is 14.3. The van der Waals surface area contributed by atoms with Crippen LogP contribution in [0.15, 0.2) is 48.8 Å². The number of aromatic nitrogens is 1. The van der Waals surface area contributed by atoms with Gasteiger partial charge >= 0.3 is 0 Å². The molecule has 1 heterocycles. The van der Waals surface area contributed by atoms with E-state index < -0.39 is 6.10 Å². The van der Waals surface area contributed by atoms with E-state index in [0.717, 1.165) is 24.0 Å². The minimum atomic E-state index is -0.479. The SMILES string of the molecule is Cc1cncc(C(O)C2(c3ccccc3)CCCCC2)c1. The van der Waals surface area contributed by atoms with Gasteiger partial charge in [0.1, 0.15) is 0 Å². The van der Waals surface area contributed by atoms with Crippen molar-refractivity contribution in [2.45, 2.75) is 50.5 Å². The highest BCUT2D eigenvalue weighted by Gasteiger charge is 2.41. The molecule has 0 amide bonds. The van der Waals surface area contributed by atoms with Crippen molar-refractivity contribution >= 4 is 0 Å². The Morgan fingerprint density at radius 3 is 2.43 bits per heavy atom. The van der Waals surface area contributed by atoms with Crippen molar-refractivity contribution in [3.05, 3.63) is 65.5 Å². The highest BCUT2D eigenvalue weighted by Crippen LogP contribution is 2.48. The molecule has 0 aliphatic heterocycles. The Balaban J connectivity index is 2.03. The first-order valence-electron chi connectivity index (χ1n) is 7.87. The van der Waals surface area contributed by atoms with E-state index in [4.69, 9.17) is 0 Å². The number of rotatable bonds is 3. The highest BCUT2D eigenvalue weighted by molar-refractivity contribution is 5.32. The van der Waals surface area contributed by atoms with Crippen LogP contribution in [0.25, 0.3) is 0 Å².